The Hall–Kier alpha value is -2.69. The number of nitrogens with zero attached hydrogens (tertiary/aromatic N) is 4. The molecule has 0 spiro atoms. The van der Waals surface area contributed by atoms with Crippen LogP contribution in [-0.2, 0) is 19.1 Å². The predicted molar refractivity (Wildman–Crippen MR) is 122 cm³/mol. The molecule has 0 bridgehead atoms. The molecular formula is C23H37N5O6. The Bertz CT molecular complexity index is 838. The predicted octanol–water partition coefficient (Wildman–Crippen LogP) is 1.37. The lowest BCUT2D eigenvalue weighted by Gasteiger charge is -2.37. The molecule has 6 amide bonds. The molecule has 0 aromatic carbocycles. The van der Waals surface area contributed by atoms with Crippen molar-refractivity contribution in [1.82, 2.24) is 24.9 Å². The van der Waals surface area contributed by atoms with Gasteiger partial charge in [0.2, 0.25) is 5.91 Å². The van der Waals surface area contributed by atoms with Crippen LogP contribution in [0.4, 0.5) is 9.59 Å². The fourth-order valence-corrected chi connectivity index (χ4v) is 4.61. The van der Waals surface area contributed by atoms with E-state index in [-0.39, 0.29) is 24.5 Å². The Kier molecular flexibility index (Phi) is 7.84. The van der Waals surface area contributed by atoms with Crippen LogP contribution < -0.4 is 5.32 Å². The van der Waals surface area contributed by atoms with Crippen LogP contribution in [-0.4, -0.2) is 100.0 Å². The lowest BCUT2D eigenvalue weighted by atomic mass is 9.96. The molecule has 3 rings (SSSR count). The lowest BCUT2D eigenvalue weighted by Crippen LogP contribution is -2.54. The topological polar surface area (TPSA) is 120 Å². The maximum Gasteiger partial charge on any atom is 0.410 e. The van der Waals surface area contributed by atoms with Gasteiger partial charge in [-0.25, -0.2) is 14.5 Å². The largest absolute Gasteiger partial charge is 0.444 e. The van der Waals surface area contributed by atoms with E-state index in [1.165, 1.54) is 0 Å². The zero-order valence-electron chi connectivity index (χ0n) is 20.8. The maximum atomic E-state index is 13.0. The maximum absolute atomic E-state index is 13.0. The third-order valence-corrected chi connectivity index (χ3v) is 6.24. The second kappa shape index (κ2) is 10.3. The Balaban J connectivity index is 1.53. The zero-order valence-corrected chi connectivity index (χ0v) is 20.8. The molecule has 3 aliphatic heterocycles. The van der Waals surface area contributed by atoms with Crippen LogP contribution in [0.15, 0.2) is 0 Å². The first kappa shape index (κ1) is 25.9. The number of piperidine rings is 2. The molecule has 0 aliphatic carbocycles. The molecular weight excluding hydrogens is 442 g/mol. The summed E-state index contributed by atoms with van der Waals surface area (Å²) in [5, 5.41) is 3.08. The summed E-state index contributed by atoms with van der Waals surface area (Å²) in [6, 6.07) is -1.12. The molecule has 0 unspecified atom stereocenters. The van der Waals surface area contributed by atoms with Crippen molar-refractivity contribution < 1.29 is 28.7 Å². The van der Waals surface area contributed by atoms with Crippen molar-refractivity contribution in [2.24, 2.45) is 5.92 Å². The molecule has 11 nitrogen and oxygen atoms in total. The Labute approximate surface area is 200 Å². The van der Waals surface area contributed by atoms with E-state index in [1.54, 1.807) is 18.7 Å². The van der Waals surface area contributed by atoms with E-state index in [0.29, 0.717) is 32.6 Å². The van der Waals surface area contributed by atoms with Gasteiger partial charge in [0.05, 0.1) is 12.6 Å². The van der Waals surface area contributed by atoms with Crippen LogP contribution >= 0.6 is 0 Å². The Morgan fingerprint density at radius 1 is 1.03 bits per heavy atom. The van der Waals surface area contributed by atoms with E-state index in [4.69, 9.17) is 4.74 Å². The SMILES string of the molecule is CC(C)N1C(=O)C(=O)N(CN2CCC[C@@H](NC(=O)[C@H]3CCCN(C(=O)OC(C)(C)C)C3)C2)C1=O. The molecule has 3 heterocycles. The van der Waals surface area contributed by atoms with Crippen molar-refractivity contribution >= 4 is 29.8 Å². The van der Waals surface area contributed by atoms with Crippen molar-refractivity contribution in [3.05, 3.63) is 0 Å². The first-order chi connectivity index (χ1) is 15.9. The van der Waals surface area contributed by atoms with Gasteiger partial charge in [-0.2, -0.15) is 0 Å². The summed E-state index contributed by atoms with van der Waals surface area (Å²) in [6.07, 6.45) is 2.60. The quantitative estimate of drug-likeness (QED) is 0.467. The van der Waals surface area contributed by atoms with Gasteiger partial charge in [-0.05, 0) is 66.8 Å². The Morgan fingerprint density at radius 2 is 1.71 bits per heavy atom. The average molecular weight is 480 g/mol. The van der Waals surface area contributed by atoms with Gasteiger partial charge >= 0.3 is 23.9 Å². The number of urea groups is 1. The van der Waals surface area contributed by atoms with Crippen LogP contribution in [0.2, 0.25) is 0 Å². The van der Waals surface area contributed by atoms with Gasteiger partial charge < -0.3 is 15.0 Å². The van der Waals surface area contributed by atoms with Crippen LogP contribution in [0.25, 0.3) is 0 Å². The summed E-state index contributed by atoms with van der Waals surface area (Å²) in [4.78, 5) is 67.8. The number of likely N-dealkylation sites (tertiary alicyclic amines) is 2. The van der Waals surface area contributed by atoms with Crippen LogP contribution in [0.1, 0.15) is 60.3 Å². The van der Waals surface area contributed by atoms with Gasteiger partial charge in [0, 0.05) is 31.7 Å². The first-order valence-corrected chi connectivity index (χ1v) is 12.1. The van der Waals surface area contributed by atoms with Crippen molar-refractivity contribution in [3.8, 4) is 0 Å². The van der Waals surface area contributed by atoms with Crippen molar-refractivity contribution in [2.75, 3.05) is 32.8 Å². The van der Waals surface area contributed by atoms with Gasteiger partial charge in [-0.1, -0.05) is 0 Å². The number of nitrogens with one attached hydrogen (secondary N) is 1. The first-order valence-electron chi connectivity index (χ1n) is 12.1. The molecule has 0 radical (unpaired) electrons. The molecule has 190 valence electrons. The van der Waals surface area contributed by atoms with Gasteiger partial charge in [-0.3, -0.25) is 24.2 Å². The number of amides is 6. The zero-order chi connectivity index (χ0) is 25.2. The van der Waals surface area contributed by atoms with Gasteiger partial charge in [0.1, 0.15) is 5.60 Å². The molecule has 2 atom stereocenters. The van der Waals surface area contributed by atoms with Crippen molar-refractivity contribution in [1.29, 1.82) is 0 Å². The van der Waals surface area contributed by atoms with E-state index < -0.39 is 35.6 Å². The minimum absolute atomic E-state index is 0.0227. The average Bonchev–Trinajstić information content (AvgIpc) is 2.96. The number of ether oxygens (including phenoxy) is 1. The smallest absolute Gasteiger partial charge is 0.410 e. The fraction of sp³-hybridized carbons (Fsp3) is 0.783. The second-order valence-corrected chi connectivity index (χ2v) is 10.6. The summed E-state index contributed by atoms with van der Waals surface area (Å²) in [5.41, 5.74) is -0.591. The van der Waals surface area contributed by atoms with E-state index in [9.17, 15) is 24.0 Å². The second-order valence-electron chi connectivity index (χ2n) is 10.6. The standard InChI is InChI=1S/C23H37N5O6/c1-15(2)28-20(31)19(30)27(21(28)32)14-25-10-7-9-17(13-25)24-18(29)16-8-6-11-26(12-16)22(33)34-23(3,4)5/h15-17H,6-14H2,1-5H3,(H,24,29)/t16-,17+/m0/s1. The third-order valence-electron chi connectivity index (χ3n) is 6.24. The molecule has 0 aromatic rings. The third kappa shape index (κ3) is 6.05. The molecule has 3 saturated heterocycles. The minimum Gasteiger partial charge on any atom is -0.444 e. The lowest BCUT2D eigenvalue weighted by molar-refractivity contribution is -0.144. The molecule has 11 heteroatoms. The van der Waals surface area contributed by atoms with Gasteiger partial charge in [0.25, 0.3) is 0 Å². The number of imide groups is 2. The molecule has 0 aromatic heterocycles. The van der Waals surface area contributed by atoms with E-state index in [1.807, 2.05) is 25.7 Å². The van der Waals surface area contributed by atoms with E-state index >= 15 is 0 Å². The highest BCUT2D eigenvalue weighted by molar-refractivity contribution is 6.44. The molecule has 3 aliphatic rings. The molecule has 0 saturated carbocycles. The molecule has 1 N–H and O–H groups in total. The number of rotatable bonds is 5. The van der Waals surface area contributed by atoms with Gasteiger partial charge in [0.15, 0.2) is 0 Å². The summed E-state index contributed by atoms with van der Waals surface area (Å²) >= 11 is 0. The van der Waals surface area contributed by atoms with Crippen LogP contribution in [0, 0.1) is 5.92 Å². The fourth-order valence-electron chi connectivity index (χ4n) is 4.61. The van der Waals surface area contributed by atoms with Gasteiger partial charge in [-0.15, -0.1) is 0 Å². The van der Waals surface area contributed by atoms with Crippen LogP contribution in [0.5, 0.6) is 0 Å². The summed E-state index contributed by atoms with van der Waals surface area (Å²) in [6.45, 7) is 10.9. The normalized spacial score (nSPS) is 24.8. The highest BCUT2D eigenvalue weighted by atomic mass is 16.6. The van der Waals surface area contributed by atoms with Crippen molar-refractivity contribution in [2.45, 2.75) is 78.0 Å². The number of carbonyl (C=O) groups is 5. The molecule has 34 heavy (non-hydrogen) atoms. The van der Waals surface area contributed by atoms with Crippen molar-refractivity contribution in [3.63, 3.8) is 0 Å². The summed E-state index contributed by atoms with van der Waals surface area (Å²) < 4.78 is 5.44. The number of hydrogen-bond donors (Lipinski definition) is 1. The highest BCUT2D eigenvalue weighted by Crippen LogP contribution is 2.21. The summed E-state index contributed by atoms with van der Waals surface area (Å²) in [7, 11) is 0. The number of hydrogen-bond acceptors (Lipinski definition) is 7. The van der Waals surface area contributed by atoms with Crippen LogP contribution in [0.3, 0.4) is 0 Å². The Morgan fingerprint density at radius 3 is 2.32 bits per heavy atom. The highest BCUT2D eigenvalue weighted by Gasteiger charge is 2.46. The summed E-state index contributed by atoms with van der Waals surface area (Å²) in [5.74, 6) is -2.02. The number of carbonyl (C=O) groups excluding carboxylic acids is 5. The molecule has 3 fully saturated rings. The van der Waals surface area contributed by atoms with E-state index in [2.05, 4.69) is 5.32 Å². The minimum atomic E-state index is -0.811. The monoisotopic (exact) mass is 479 g/mol. The van der Waals surface area contributed by atoms with E-state index in [0.717, 1.165) is 29.1 Å².